The number of fused-ring (bicyclic) bond motifs is 1. The Labute approximate surface area is 178 Å². The summed E-state index contributed by atoms with van der Waals surface area (Å²) >= 11 is 1.55. The molecule has 4 heterocycles. The molecular formula is C22H24FN5OS. The third kappa shape index (κ3) is 4.20. The number of nitrogens with zero attached hydrogens (tertiary/aromatic N) is 4. The van der Waals surface area contributed by atoms with E-state index in [1.165, 1.54) is 0 Å². The van der Waals surface area contributed by atoms with Crippen molar-refractivity contribution in [2.24, 2.45) is 11.8 Å². The van der Waals surface area contributed by atoms with Crippen LogP contribution in [-0.2, 0) is 4.79 Å². The quantitative estimate of drug-likeness (QED) is 0.665. The van der Waals surface area contributed by atoms with Crippen molar-refractivity contribution in [2.45, 2.75) is 31.9 Å². The van der Waals surface area contributed by atoms with Gasteiger partial charge >= 0.3 is 0 Å². The smallest absolute Gasteiger partial charge is 0.228 e. The minimum atomic E-state index is -0.644. The first-order valence-corrected chi connectivity index (χ1v) is 11.3. The van der Waals surface area contributed by atoms with Crippen LogP contribution in [-0.4, -0.2) is 51.6 Å². The number of amides is 1. The number of alkyl halides is 1. The van der Waals surface area contributed by atoms with Crippen molar-refractivity contribution < 1.29 is 9.18 Å². The minimum Gasteiger partial charge on any atom is -0.310 e. The molecule has 2 fully saturated rings. The number of nitrogens with one attached hydrogen (secondary N) is 1. The molecule has 3 aromatic heterocycles. The molecule has 1 aliphatic heterocycles. The van der Waals surface area contributed by atoms with E-state index in [-0.39, 0.29) is 11.8 Å². The molecule has 5 rings (SSSR count). The molecule has 30 heavy (non-hydrogen) atoms. The van der Waals surface area contributed by atoms with Gasteiger partial charge in [-0.1, -0.05) is 0 Å². The van der Waals surface area contributed by atoms with E-state index >= 15 is 0 Å². The number of hydrogen-bond donors (Lipinski definition) is 1. The maximum atomic E-state index is 13.0. The number of halogens is 1. The normalized spacial score (nSPS) is 22.7. The Morgan fingerprint density at radius 1 is 1.20 bits per heavy atom. The number of carbonyl (C=O) groups excluding carboxylic acids is 1. The lowest BCUT2D eigenvalue weighted by Gasteiger charge is -2.38. The molecule has 1 aliphatic carbocycles. The second-order valence-corrected chi connectivity index (χ2v) is 9.23. The van der Waals surface area contributed by atoms with Crippen molar-refractivity contribution in [1.29, 1.82) is 0 Å². The third-order valence-electron chi connectivity index (χ3n) is 6.16. The fourth-order valence-electron chi connectivity index (χ4n) is 4.42. The van der Waals surface area contributed by atoms with E-state index in [9.17, 15) is 9.18 Å². The second-order valence-electron chi connectivity index (χ2n) is 8.35. The van der Waals surface area contributed by atoms with Crippen molar-refractivity contribution in [1.82, 2.24) is 19.9 Å². The zero-order valence-electron chi connectivity index (χ0n) is 16.6. The number of likely N-dealkylation sites (tertiary alicyclic amines) is 1. The summed E-state index contributed by atoms with van der Waals surface area (Å²) in [6.45, 7) is 2.12. The Balaban J connectivity index is 1.20. The van der Waals surface area contributed by atoms with Crippen LogP contribution in [0.15, 0.2) is 36.1 Å². The number of carbonyl (C=O) groups is 1. The van der Waals surface area contributed by atoms with Gasteiger partial charge in [0, 0.05) is 49.4 Å². The van der Waals surface area contributed by atoms with Crippen molar-refractivity contribution in [3.05, 3.63) is 36.1 Å². The van der Waals surface area contributed by atoms with Crippen LogP contribution < -0.4 is 5.32 Å². The molecule has 3 aromatic rings. The summed E-state index contributed by atoms with van der Waals surface area (Å²) in [7, 11) is 0. The van der Waals surface area contributed by atoms with Crippen LogP contribution in [0, 0.1) is 11.8 Å². The third-order valence-corrected chi connectivity index (χ3v) is 6.95. The lowest BCUT2D eigenvalue weighted by Crippen LogP contribution is -2.50. The molecule has 0 spiro atoms. The highest BCUT2D eigenvalue weighted by molar-refractivity contribution is 7.13. The highest BCUT2D eigenvalue weighted by Crippen LogP contribution is 2.31. The molecule has 2 aliphatic rings. The Morgan fingerprint density at radius 2 is 2.03 bits per heavy atom. The van der Waals surface area contributed by atoms with Crippen LogP contribution in [0.3, 0.4) is 0 Å². The molecule has 1 saturated carbocycles. The standard InChI is InChI=1S/C22H24FN5OS/c23-17-11-28(12-17)10-14-1-3-15(4-2-14)22(29)27-21-7-19-16(8-25-21)5-6-18(26-19)20-9-24-13-30-20/h5-9,13-15,17H,1-4,10-12H2,(H,25,27,29)/t14-,15-. The van der Waals surface area contributed by atoms with Crippen LogP contribution in [0.2, 0.25) is 0 Å². The summed E-state index contributed by atoms with van der Waals surface area (Å²) in [5, 5.41) is 3.92. The summed E-state index contributed by atoms with van der Waals surface area (Å²) in [5.74, 6) is 1.17. The highest BCUT2D eigenvalue weighted by Gasteiger charge is 2.31. The maximum Gasteiger partial charge on any atom is 0.228 e. The zero-order chi connectivity index (χ0) is 20.5. The van der Waals surface area contributed by atoms with Gasteiger partial charge in [0.1, 0.15) is 12.0 Å². The van der Waals surface area contributed by atoms with Gasteiger partial charge in [0.25, 0.3) is 0 Å². The average Bonchev–Trinajstić information content (AvgIpc) is 3.27. The van der Waals surface area contributed by atoms with Crippen molar-refractivity contribution in [3.8, 4) is 10.6 Å². The first kappa shape index (κ1) is 19.5. The molecule has 0 atom stereocenters. The van der Waals surface area contributed by atoms with Gasteiger partial charge in [-0.05, 0) is 43.7 Å². The van der Waals surface area contributed by atoms with E-state index in [0.717, 1.165) is 53.7 Å². The lowest BCUT2D eigenvalue weighted by atomic mass is 9.81. The Morgan fingerprint density at radius 3 is 2.77 bits per heavy atom. The number of aromatic nitrogens is 3. The Bertz CT molecular complexity index is 1030. The van der Waals surface area contributed by atoms with Gasteiger partial charge in [0.15, 0.2) is 0 Å². The topological polar surface area (TPSA) is 71.0 Å². The SMILES string of the molecule is O=C(Nc1cc2nc(-c3cncs3)ccc2cn1)[C@H]1CC[C@H](CN2CC(F)C2)CC1. The van der Waals surface area contributed by atoms with E-state index in [1.807, 2.05) is 18.2 Å². The zero-order valence-corrected chi connectivity index (χ0v) is 17.4. The van der Waals surface area contributed by atoms with Crippen LogP contribution in [0.5, 0.6) is 0 Å². The maximum absolute atomic E-state index is 13.0. The number of thiazole rings is 1. The minimum absolute atomic E-state index is 0.0144. The molecule has 156 valence electrons. The monoisotopic (exact) mass is 425 g/mol. The first-order valence-electron chi connectivity index (χ1n) is 10.5. The van der Waals surface area contributed by atoms with E-state index in [4.69, 9.17) is 4.98 Å². The summed E-state index contributed by atoms with van der Waals surface area (Å²) < 4.78 is 13.0. The van der Waals surface area contributed by atoms with Crippen LogP contribution in [0.4, 0.5) is 10.2 Å². The average molecular weight is 426 g/mol. The van der Waals surface area contributed by atoms with E-state index in [2.05, 4.69) is 20.2 Å². The van der Waals surface area contributed by atoms with Crippen LogP contribution >= 0.6 is 11.3 Å². The highest BCUT2D eigenvalue weighted by atomic mass is 32.1. The molecular weight excluding hydrogens is 401 g/mol. The summed E-state index contributed by atoms with van der Waals surface area (Å²) in [6, 6.07) is 5.78. The van der Waals surface area contributed by atoms with Crippen molar-refractivity contribution in [2.75, 3.05) is 25.0 Å². The summed E-state index contributed by atoms with van der Waals surface area (Å²) in [6.07, 6.45) is 6.71. The van der Waals surface area contributed by atoms with Gasteiger partial charge < -0.3 is 5.32 Å². The molecule has 6 nitrogen and oxygen atoms in total. The van der Waals surface area contributed by atoms with Crippen molar-refractivity contribution in [3.63, 3.8) is 0 Å². The fourth-order valence-corrected chi connectivity index (χ4v) is 5.01. The molecule has 1 N–H and O–H groups in total. The van der Waals surface area contributed by atoms with E-state index in [0.29, 0.717) is 24.8 Å². The summed E-state index contributed by atoms with van der Waals surface area (Å²) in [5.41, 5.74) is 3.46. The predicted molar refractivity (Wildman–Crippen MR) is 116 cm³/mol. The van der Waals surface area contributed by atoms with Gasteiger partial charge in [-0.3, -0.25) is 14.7 Å². The van der Waals surface area contributed by atoms with E-state index < -0.39 is 6.17 Å². The van der Waals surface area contributed by atoms with E-state index in [1.54, 1.807) is 29.2 Å². The molecule has 0 radical (unpaired) electrons. The fraction of sp³-hybridized carbons (Fsp3) is 0.455. The molecule has 0 unspecified atom stereocenters. The van der Waals surface area contributed by atoms with Gasteiger partial charge in [-0.15, -0.1) is 11.3 Å². The van der Waals surface area contributed by atoms with Crippen LogP contribution in [0.1, 0.15) is 25.7 Å². The number of pyridine rings is 2. The predicted octanol–water partition coefficient (Wildman–Crippen LogP) is 4.15. The number of hydrogen-bond acceptors (Lipinski definition) is 6. The van der Waals surface area contributed by atoms with Gasteiger partial charge in [-0.2, -0.15) is 0 Å². The van der Waals surface area contributed by atoms with Gasteiger partial charge in [0.05, 0.1) is 21.6 Å². The molecule has 1 saturated heterocycles. The first-order chi connectivity index (χ1) is 14.6. The lowest BCUT2D eigenvalue weighted by molar-refractivity contribution is -0.121. The Hall–Kier alpha value is -2.45. The van der Waals surface area contributed by atoms with Crippen LogP contribution in [0.25, 0.3) is 21.5 Å². The second kappa shape index (κ2) is 8.35. The largest absolute Gasteiger partial charge is 0.310 e. The molecule has 8 heteroatoms. The number of anilines is 1. The van der Waals surface area contributed by atoms with Gasteiger partial charge in [0.2, 0.25) is 5.91 Å². The van der Waals surface area contributed by atoms with Gasteiger partial charge in [-0.25, -0.2) is 14.4 Å². The number of rotatable bonds is 5. The van der Waals surface area contributed by atoms with Crippen molar-refractivity contribution >= 4 is 34.0 Å². The molecule has 1 amide bonds. The Kier molecular flexibility index (Phi) is 5.43. The molecule has 0 bridgehead atoms. The molecule has 0 aromatic carbocycles. The summed E-state index contributed by atoms with van der Waals surface area (Å²) in [4.78, 5) is 29.2.